The van der Waals surface area contributed by atoms with Crippen molar-refractivity contribution in [1.29, 1.82) is 0 Å². The molecule has 1 aliphatic rings. The standard InChI is InChI=1S/C13H17N4O7PS/c14-17-7-6-10(16-26(21,22)23)13(25-20,11(17)18)15-12(19)24-8-9-4-2-1-3-5-9/h1-5,10,16H,6-8,14H2,(H,15,19)(H,21,22,23)/t10-,13+/m1/s1. The number of carbonyl (C=O) groups excluding carboxylic acids is 2. The van der Waals surface area contributed by atoms with Crippen LogP contribution < -0.4 is 15.9 Å². The largest absolute Gasteiger partial charge is 0.445 e. The lowest BCUT2D eigenvalue weighted by Gasteiger charge is -2.40. The lowest BCUT2D eigenvalue weighted by atomic mass is 9.99. The minimum atomic E-state index is -4.73. The van der Waals surface area contributed by atoms with Gasteiger partial charge in [-0.05, 0) is 12.0 Å². The van der Waals surface area contributed by atoms with Crippen LogP contribution in [-0.4, -0.2) is 47.8 Å². The second kappa shape index (κ2) is 8.06. The first-order valence-electron chi connectivity index (χ1n) is 7.33. The molecule has 0 unspecified atom stereocenters. The molecule has 26 heavy (non-hydrogen) atoms. The molecule has 0 radical (unpaired) electrons. The van der Waals surface area contributed by atoms with Gasteiger partial charge in [-0.1, -0.05) is 30.3 Å². The molecule has 1 fully saturated rings. The summed E-state index contributed by atoms with van der Waals surface area (Å²) in [6, 6.07) is 7.25. The first-order chi connectivity index (χ1) is 12.2. The van der Waals surface area contributed by atoms with Gasteiger partial charge >= 0.3 is 16.4 Å². The first-order valence-corrected chi connectivity index (χ1v) is 9.58. The van der Waals surface area contributed by atoms with E-state index in [1.165, 1.54) is 0 Å². The van der Waals surface area contributed by atoms with Crippen LogP contribution >= 0.6 is 8.46 Å². The molecule has 2 rings (SSSR count). The van der Waals surface area contributed by atoms with E-state index in [-0.39, 0.29) is 19.6 Å². The molecule has 142 valence electrons. The Bertz CT molecular complexity index is 791. The molecule has 1 aliphatic heterocycles. The Balaban J connectivity index is 2.18. The molecule has 13 heteroatoms. The number of benzene rings is 1. The molecule has 2 amide bonds. The summed E-state index contributed by atoms with van der Waals surface area (Å²) < 4.78 is 49.7. The molecule has 0 spiro atoms. The third-order valence-corrected chi connectivity index (χ3v) is 5.18. The van der Waals surface area contributed by atoms with Gasteiger partial charge in [-0.3, -0.25) is 24.2 Å². The summed E-state index contributed by atoms with van der Waals surface area (Å²) >= 11 is 0. The summed E-state index contributed by atoms with van der Waals surface area (Å²) in [5, 5.41) is 0.555. The Kier molecular flexibility index (Phi) is 6.26. The molecule has 1 saturated heterocycles. The lowest BCUT2D eigenvalue weighted by molar-refractivity contribution is -0.138. The van der Waals surface area contributed by atoms with Gasteiger partial charge in [-0.25, -0.2) is 10.6 Å². The third-order valence-electron chi connectivity index (χ3n) is 3.69. The summed E-state index contributed by atoms with van der Waals surface area (Å²) in [4.78, 5) is 24.5. The smallest absolute Gasteiger partial charge is 0.408 e. The number of rotatable bonds is 6. The van der Waals surface area contributed by atoms with Gasteiger partial charge < -0.3 is 4.74 Å². The van der Waals surface area contributed by atoms with Crippen molar-refractivity contribution >= 4 is 30.8 Å². The summed E-state index contributed by atoms with van der Waals surface area (Å²) in [6.07, 6.45) is -1.21. The zero-order chi connectivity index (χ0) is 19.4. The molecular weight excluding hydrogens is 387 g/mol. The topological polar surface area (TPSA) is 168 Å². The molecule has 0 bridgehead atoms. The lowest BCUT2D eigenvalue weighted by Crippen LogP contribution is -2.71. The number of hydrazine groups is 1. The van der Waals surface area contributed by atoms with Crippen LogP contribution in [0.2, 0.25) is 0 Å². The van der Waals surface area contributed by atoms with Crippen LogP contribution in [0, 0.1) is 0 Å². The van der Waals surface area contributed by atoms with Gasteiger partial charge in [0.15, 0.2) is 8.46 Å². The molecule has 5 N–H and O–H groups in total. The highest BCUT2D eigenvalue weighted by Crippen LogP contribution is 2.32. The van der Waals surface area contributed by atoms with Crippen LogP contribution in [0.15, 0.2) is 30.3 Å². The maximum atomic E-state index is 12.4. The van der Waals surface area contributed by atoms with Gasteiger partial charge in [0.05, 0.1) is 6.04 Å². The second-order valence-corrected chi connectivity index (χ2v) is 7.55. The van der Waals surface area contributed by atoms with Crippen molar-refractivity contribution in [2.75, 3.05) is 6.54 Å². The number of nitrogens with zero attached hydrogens (tertiary/aromatic N) is 1. The quantitative estimate of drug-likeness (QED) is 0.218. The normalized spacial score (nSPS) is 23.7. The molecule has 2 atom stereocenters. The molecule has 1 aromatic carbocycles. The highest BCUT2D eigenvalue weighted by molar-refractivity contribution is 7.83. The number of piperidine rings is 1. The fourth-order valence-corrected chi connectivity index (χ4v) is 3.86. The van der Waals surface area contributed by atoms with Gasteiger partial charge in [0.1, 0.15) is 6.61 Å². The predicted octanol–water partition coefficient (Wildman–Crippen LogP) is -0.232. The zero-order valence-corrected chi connectivity index (χ0v) is 15.1. The number of ether oxygens (including phenoxy) is 1. The van der Waals surface area contributed by atoms with E-state index >= 15 is 0 Å². The van der Waals surface area contributed by atoms with Crippen LogP contribution in [0.25, 0.3) is 0 Å². The maximum absolute atomic E-state index is 12.4. The number of hydrogen-bond acceptors (Lipinski definition) is 7. The molecule has 11 nitrogen and oxygen atoms in total. The van der Waals surface area contributed by atoms with Crippen molar-refractivity contribution in [3.63, 3.8) is 0 Å². The highest BCUT2D eigenvalue weighted by Gasteiger charge is 2.54. The summed E-state index contributed by atoms with van der Waals surface area (Å²) in [6.45, 7) is -0.209. The molecule has 0 aliphatic carbocycles. The Morgan fingerprint density at radius 1 is 1.42 bits per heavy atom. The predicted molar refractivity (Wildman–Crippen MR) is 89.1 cm³/mol. The first kappa shape index (κ1) is 20.2. The summed E-state index contributed by atoms with van der Waals surface area (Å²) in [5.41, 5.74) is 0.666. The van der Waals surface area contributed by atoms with Crippen molar-refractivity contribution in [3.05, 3.63) is 35.9 Å². The number of amides is 2. The fraction of sp³-hybridized carbons (Fsp3) is 0.385. The highest BCUT2D eigenvalue weighted by atomic mass is 32.2. The average Bonchev–Trinajstić information content (AvgIpc) is 2.59. The Labute approximate surface area is 150 Å². The van der Waals surface area contributed by atoms with E-state index in [1.54, 1.807) is 35.1 Å². The van der Waals surface area contributed by atoms with Crippen molar-refractivity contribution < 1.29 is 31.9 Å². The van der Waals surface area contributed by atoms with Crippen LogP contribution in [0.5, 0.6) is 0 Å². The minimum Gasteiger partial charge on any atom is -0.445 e. The van der Waals surface area contributed by atoms with Gasteiger partial charge in [0.2, 0.25) is 5.28 Å². The van der Waals surface area contributed by atoms with E-state index in [0.29, 0.717) is 10.6 Å². The van der Waals surface area contributed by atoms with Crippen molar-refractivity contribution in [2.24, 2.45) is 5.84 Å². The van der Waals surface area contributed by atoms with E-state index in [9.17, 15) is 22.6 Å². The van der Waals surface area contributed by atoms with E-state index in [2.05, 4.69) is 5.32 Å². The molecule has 0 saturated carbocycles. The summed E-state index contributed by atoms with van der Waals surface area (Å²) in [7, 11) is -5.67. The van der Waals surface area contributed by atoms with E-state index in [1.807, 2.05) is 0 Å². The number of carbonyl (C=O) groups is 2. The number of nitrogens with two attached hydrogens (primary N) is 1. The van der Waals surface area contributed by atoms with E-state index in [4.69, 9.17) is 15.1 Å². The summed E-state index contributed by atoms with van der Waals surface area (Å²) in [5.74, 6) is 4.50. The molecule has 1 aromatic rings. The molecule has 0 aromatic heterocycles. The SMILES string of the molecule is NN1CC[C@@H](NS(=O)(=O)O)[C@](NC(=O)OCc2ccccc2)(P=O)C1=O. The van der Waals surface area contributed by atoms with Gasteiger partial charge in [0.25, 0.3) is 5.91 Å². The van der Waals surface area contributed by atoms with E-state index in [0.717, 1.165) is 0 Å². The Morgan fingerprint density at radius 2 is 2.08 bits per heavy atom. The van der Waals surface area contributed by atoms with Gasteiger partial charge in [0, 0.05) is 6.54 Å². The number of nitrogens with one attached hydrogen (secondary N) is 2. The maximum Gasteiger partial charge on any atom is 0.408 e. The van der Waals surface area contributed by atoms with Gasteiger partial charge in [-0.15, -0.1) is 0 Å². The minimum absolute atomic E-state index is 0.0793. The fourth-order valence-electron chi connectivity index (χ4n) is 2.45. The molecular formula is C13H17N4O7PS. The number of hydrogen-bond donors (Lipinski definition) is 4. The van der Waals surface area contributed by atoms with Crippen LogP contribution in [0.1, 0.15) is 12.0 Å². The number of alkyl carbamates (subject to hydrolysis) is 1. The Morgan fingerprint density at radius 3 is 2.65 bits per heavy atom. The van der Waals surface area contributed by atoms with Crippen molar-refractivity contribution in [1.82, 2.24) is 15.0 Å². The third kappa shape index (κ3) is 4.74. The second-order valence-electron chi connectivity index (χ2n) is 5.48. The van der Waals surface area contributed by atoms with Crippen molar-refractivity contribution in [2.45, 2.75) is 24.3 Å². The van der Waals surface area contributed by atoms with Crippen LogP contribution in [0.3, 0.4) is 0 Å². The van der Waals surface area contributed by atoms with Gasteiger partial charge in [-0.2, -0.15) is 13.1 Å². The zero-order valence-electron chi connectivity index (χ0n) is 13.4. The van der Waals surface area contributed by atoms with Crippen LogP contribution in [-0.2, 0) is 31.0 Å². The Hall–Kier alpha value is -2.11. The molecule has 1 heterocycles. The van der Waals surface area contributed by atoms with E-state index < -0.39 is 42.1 Å². The monoisotopic (exact) mass is 404 g/mol. The average molecular weight is 404 g/mol. The van der Waals surface area contributed by atoms with Crippen molar-refractivity contribution in [3.8, 4) is 0 Å². The van der Waals surface area contributed by atoms with Crippen LogP contribution in [0.4, 0.5) is 4.79 Å².